The SMILES string of the molecule is CCCCOc1ccc(N=Nc2ccc(CCCCCCCOC(C)=O)cc2)cc1. The van der Waals surface area contributed by atoms with E-state index in [1.54, 1.807) is 0 Å². The Hall–Kier alpha value is -2.69. The van der Waals surface area contributed by atoms with Gasteiger partial charge in [-0.05, 0) is 67.6 Å². The van der Waals surface area contributed by atoms with Crippen LogP contribution in [0, 0.1) is 0 Å². The Bertz CT molecular complexity index is 755. The summed E-state index contributed by atoms with van der Waals surface area (Å²) < 4.78 is 10.6. The average Bonchev–Trinajstić information content (AvgIpc) is 2.76. The first-order chi connectivity index (χ1) is 14.7. The lowest BCUT2D eigenvalue weighted by molar-refractivity contribution is -0.141. The van der Waals surface area contributed by atoms with Crippen LogP contribution in [0.3, 0.4) is 0 Å². The van der Waals surface area contributed by atoms with E-state index in [0.717, 1.165) is 55.8 Å². The minimum atomic E-state index is -0.191. The van der Waals surface area contributed by atoms with Crippen LogP contribution in [0.25, 0.3) is 0 Å². The topological polar surface area (TPSA) is 60.3 Å². The van der Waals surface area contributed by atoms with Crippen LogP contribution in [0.2, 0.25) is 0 Å². The Balaban J connectivity index is 1.65. The molecular weight excluding hydrogens is 376 g/mol. The van der Waals surface area contributed by atoms with Gasteiger partial charge in [-0.25, -0.2) is 0 Å². The van der Waals surface area contributed by atoms with E-state index >= 15 is 0 Å². The maximum Gasteiger partial charge on any atom is 0.302 e. The van der Waals surface area contributed by atoms with Gasteiger partial charge in [0.25, 0.3) is 0 Å². The first-order valence-corrected chi connectivity index (χ1v) is 11.0. The zero-order valence-electron chi connectivity index (χ0n) is 18.3. The van der Waals surface area contributed by atoms with Gasteiger partial charge >= 0.3 is 5.97 Å². The molecule has 2 aromatic carbocycles. The molecule has 0 aliphatic heterocycles. The lowest BCUT2D eigenvalue weighted by atomic mass is 10.1. The molecule has 0 atom stereocenters. The molecule has 0 N–H and O–H groups in total. The van der Waals surface area contributed by atoms with E-state index in [1.165, 1.54) is 31.7 Å². The quantitative estimate of drug-likeness (QED) is 0.186. The number of esters is 1. The van der Waals surface area contributed by atoms with E-state index < -0.39 is 0 Å². The standard InChI is InChI=1S/C25H34N2O3/c1-3-4-19-30-25-17-15-24(16-18-25)27-26-23-13-11-22(12-14-23)10-8-6-5-7-9-20-29-21(2)28/h11-18H,3-10,19-20H2,1-2H3. The van der Waals surface area contributed by atoms with Gasteiger partial charge in [0.15, 0.2) is 0 Å². The van der Waals surface area contributed by atoms with Crippen molar-refractivity contribution in [3.05, 3.63) is 54.1 Å². The molecule has 0 heterocycles. The number of hydrogen-bond acceptors (Lipinski definition) is 5. The van der Waals surface area contributed by atoms with E-state index in [4.69, 9.17) is 9.47 Å². The Labute approximate surface area is 180 Å². The van der Waals surface area contributed by atoms with Gasteiger partial charge in [0.2, 0.25) is 0 Å². The second-order valence-electron chi connectivity index (χ2n) is 7.42. The second kappa shape index (κ2) is 14.3. The number of nitrogens with zero attached hydrogens (tertiary/aromatic N) is 2. The number of carbonyl (C=O) groups is 1. The Kier molecular flexibility index (Phi) is 11.3. The van der Waals surface area contributed by atoms with E-state index in [9.17, 15) is 4.79 Å². The first kappa shape index (κ1) is 23.6. The minimum Gasteiger partial charge on any atom is -0.494 e. The second-order valence-corrected chi connectivity index (χ2v) is 7.42. The van der Waals surface area contributed by atoms with Crippen molar-refractivity contribution in [3.63, 3.8) is 0 Å². The van der Waals surface area contributed by atoms with E-state index in [-0.39, 0.29) is 5.97 Å². The summed E-state index contributed by atoms with van der Waals surface area (Å²) >= 11 is 0. The summed E-state index contributed by atoms with van der Waals surface area (Å²) in [5.41, 5.74) is 2.99. The van der Waals surface area contributed by atoms with Crippen LogP contribution in [0.15, 0.2) is 58.8 Å². The molecule has 0 saturated carbocycles. The van der Waals surface area contributed by atoms with Gasteiger partial charge in [-0.1, -0.05) is 44.7 Å². The van der Waals surface area contributed by atoms with Crippen molar-refractivity contribution in [2.24, 2.45) is 10.2 Å². The van der Waals surface area contributed by atoms with Crippen molar-refractivity contribution in [1.82, 2.24) is 0 Å². The van der Waals surface area contributed by atoms with Crippen molar-refractivity contribution in [2.45, 2.75) is 65.2 Å². The van der Waals surface area contributed by atoms with E-state index in [0.29, 0.717) is 6.61 Å². The van der Waals surface area contributed by atoms with E-state index in [2.05, 4.69) is 29.3 Å². The minimum absolute atomic E-state index is 0.191. The fourth-order valence-corrected chi connectivity index (χ4v) is 2.97. The summed E-state index contributed by atoms with van der Waals surface area (Å²) in [6.07, 6.45) is 8.86. The van der Waals surface area contributed by atoms with Crippen LogP contribution in [-0.4, -0.2) is 19.2 Å². The summed E-state index contributed by atoms with van der Waals surface area (Å²) in [7, 11) is 0. The number of unbranched alkanes of at least 4 members (excludes halogenated alkanes) is 5. The van der Waals surface area contributed by atoms with Gasteiger partial charge in [0, 0.05) is 6.92 Å². The number of rotatable bonds is 14. The van der Waals surface area contributed by atoms with Gasteiger partial charge in [-0.3, -0.25) is 4.79 Å². The van der Waals surface area contributed by atoms with Gasteiger partial charge < -0.3 is 9.47 Å². The van der Waals surface area contributed by atoms with Crippen LogP contribution in [0.5, 0.6) is 5.75 Å². The third-order valence-corrected chi connectivity index (χ3v) is 4.74. The van der Waals surface area contributed by atoms with Crippen LogP contribution in [0.1, 0.15) is 64.4 Å². The molecule has 0 aliphatic carbocycles. The van der Waals surface area contributed by atoms with Gasteiger partial charge in [-0.2, -0.15) is 10.2 Å². The van der Waals surface area contributed by atoms with Crippen molar-refractivity contribution in [3.8, 4) is 5.75 Å². The monoisotopic (exact) mass is 410 g/mol. The highest BCUT2D eigenvalue weighted by atomic mass is 16.5. The molecule has 5 nitrogen and oxygen atoms in total. The fourth-order valence-electron chi connectivity index (χ4n) is 2.97. The summed E-state index contributed by atoms with van der Waals surface area (Å²) in [6, 6.07) is 16.0. The Morgan fingerprint density at radius 3 is 2.00 bits per heavy atom. The molecule has 0 bridgehead atoms. The maximum atomic E-state index is 10.7. The van der Waals surface area contributed by atoms with Crippen molar-refractivity contribution in [2.75, 3.05) is 13.2 Å². The lowest BCUT2D eigenvalue weighted by Crippen LogP contribution is -2.00. The zero-order chi connectivity index (χ0) is 21.4. The molecule has 30 heavy (non-hydrogen) atoms. The average molecular weight is 411 g/mol. The van der Waals surface area contributed by atoms with Crippen LogP contribution >= 0.6 is 0 Å². The van der Waals surface area contributed by atoms with Gasteiger partial charge in [0.1, 0.15) is 5.75 Å². The molecule has 0 radical (unpaired) electrons. The molecule has 162 valence electrons. The molecule has 0 unspecified atom stereocenters. The third-order valence-electron chi connectivity index (χ3n) is 4.74. The van der Waals surface area contributed by atoms with E-state index in [1.807, 2.05) is 36.4 Å². The van der Waals surface area contributed by atoms with Gasteiger partial charge in [0.05, 0.1) is 24.6 Å². The smallest absolute Gasteiger partial charge is 0.302 e. The molecule has 0 amide bonds. The Morgan fingerprint density at radius 2 is 1.37 bits per heavy atom. The third kappa shape index (κ3) is 10.2. The fraction of sp³-hybridized carbons (Fsp3) is 0.480. The molecule has 0 saturated heterocycles. The molecule has 5 heteroatoms. The van der Waals surface area contributed by atoms with Crippen molar-refractivity contribution >= 4 is 17.3 Å². The molecule has 0 aliphatic rings. The summed E-state index contributed by atoms with van der Waals surface area (Å²) in [6.45, 7) is 4.90. The highest BCUT2D eigenvalue weighted by molar-refractivity contribution is 5.65. The maximum absolute atomic E-state index is 10.7. The van der Waals surface area contributed by atoms with Gasteiger partial charge in [-0.15, -0.1) is 0 Å². The normalized spacial score (nSPS) is 11.0. The summed E-state index contributed by atoms with van der Waals surface area (Å²) in [5.74, 6) is 0.680. The summed E-state index contributed by atoms with van der Waals surface area (Å²) in [4.78, 5) is 10.7. The van der Waals surface area contributed by atoms with Crippen molar-refractivity contribution < 1.29 is 14.3 Å². The molecule has 0 fully saturated rings. The number of benzene rings is 2. The number of aryl methyl sites for hydroxylation is 1. The number of hydrogen-bond donors (Lipinski definition) is 0. The molecule has 0 aromatic heterocycles. The molecular formula is C25H34N2O3. The first-order valence-electron chi connectivity index (χ1n) is 11.0. The van der Waals surface area contributed by atoms with Crippen LogP contribution in [-0.2, 0) is 16.0 Å². The zero-order valence-corrected chi connectivity index (χ0v) is 18.3. The number of carbonyl (C=O) groups excluding carboxylic acids is 1. The van der Waals surface area contributed by atoms with Crippen molar-refractivity contribution in [1.29, 1.82) is 0 Å². The molecule has 2 rings (SSSR count). The highest BCUT2D eigenvalue weighted by Gasteiger charge is 1.98. The predicted molar refractivity (Wildman–Crippen MR) is 121 cm³/mol. The van der Waals surface area contributed by atoms with Crippen LogP contribution in [0.4, 0.5) is 11.4 Å². The molecule has 2 aromatic rings. The number of azo groups is 1. The molecule has 0 spiro atoms. The summed E-state index contributed by atoms with van der Waals surface area (Å²) in [5, 5.41) is 8.63. The lowest BCUT2D eigenvalue weighted by Gasteiger charge is -2.04. The van der Waals surface area contributed by atoms with Crippen LogP contribution < -0.4 is 4.74 Å². The highest BCUT2D eigenvalue weighted by Crippen LogP contribution is 2.22. The largest absolute Gasteiger partial charge is 0.494 e. The number of ether oxygens (including phenoxy) is 2. The Morgan fingerprint density at radius 1 is 0.767 bits per heavy atom. The predicted octanol–water partition coefficient (Wildman–Crippen LogP) is 7.34.